The number of aromatic nitrogens is 1. The van der Waals surface area contributed by atoms with Crippen molar-refractivity contribution in [3.63, 3.8) is 0 Å². The smallest absolute Gasteiger partial charge is 0.407 e. The van der Waals surface area contributed by atoms with Gasteiger partial charge >= 0.3 is 12.1 Å². The molecule has 1 aliphatic rings. The topological polar surface area (TPSA) is 133 Å². The van der Waals surface area contributed by atoms with Crippen LogP contribution in [-0.2, 0) is 35.5 Å². The highest BCUT2D eigenvalue weighted by Gasteiger charge is 2.44. The van der Waals surface area contributed by atoms with Gasteiger partial charge in [0.2, 0.25) is 11.8 Å². The van der Waals surface area contributed by atoms with Gasteiger partial charge in [0.25, 0.3) is 0 Å². The molecule has 1 aliphatic heterocycles. The maximum Gasteiger partial charge on any atom is 0.407 e. The minimum atomic E-state index is -1.10. The number of aliphatic hydroxyl groups is 1. The van der Waals surface area contributed by atoms with Crippen molar-refractivity contribution in [3.05, 3.63) is 156 Å². The molecule has 11 nitrogen and oxygen atoms in total. The van der Waals surface area contributed by atoms with Crippen molar-refractivity contribution < 1.29 is 29.0 Å². The number of amides is 4. The summed E-state index contributed by atoms with van der Waals surface area (Å²) < 4.78 is 10.9. The summed E-state index contributed by atoms with van der Waals surface area (Å²) in [6.45, 7) is 7.32. The Hall–Kier alpha value is -6.20. The third-order valence-electron chi connectivity index (χ3n) is 10.5. The molecule has 0 saturated carbocycles. The Balaban J connectivity index is 1.22. The Morgan fingerprint density at radius 2 is 1.36 bits per heavy atom. The zero-order valence-electron chi connectivity index (χ0n) is 34.3. The van der Waals surface area contributed by atoms with E-state index in [9.17, 15) is 19.5 Å². The summed E-state index contributed by atoms with van der Waals surface area (Å²) in [7, 11) is 1.58. The summed E-state index contributed by atoms with van der Waals surface area (Å²) in [5.41, 5.74) is 4.73. The van der Waals surface area contributed by atoms with Gasteiger partial charge in [0.1, 0.15) is 12.6 Å². The van der Waals surface area contributed by atoms with E-state index in [1.165, 1.54) is 0 Å². The molecule has 0 aliphatic carbocycles. The predicted octanol–water partition coefficient (Wildman–Crippen LogP) is 7.43. The maximum absolute atomic E-state index is 14.5. The molecular formula is C48H55N5O6. The number of hydrogen-bond acceptors (Lipinski definition) is 7. The predicted molar refractivity (Wildman–Crippen MR) is 228 cm³/mol. The monoisotopic (exact) mass is 797 g/mol. The van der Waals surface area contributed by atoms with E-state index in [1.54, 1.807) is 23.0 Å². The highest BCUT2D eigenvalue weighted by Crippen LogP contribution is 2.29. The van der Waals surface area contributed by atoms with Crippen molar-refractivity contribution in [2.75, 3.05) is 20.2 Å². The molecule has 1 fully saturated rings. The van der Waals surface area contributed by atoms with Crippen LogP contribution >= 0.6 is 0 Å². The van der Waals surface area contributed by atoms with E-state index >= 15 is 0 Å². The first-order valence-electron chi connectivity index (χ1n) is 20.2. The number of methoxy groups -OCH3 is 1. The molecule has 11 heteroatoms. The van der Waals surface area contributed by atoms with E-state index in [1.807, 2.05) is 148 Å². The van der Waals surface area contributed by atoms with Crippen LogP contribution in [0.2, 0.25) is 0 Å². The molecule has 2 heterocycles. The van der Waals surface area contributed by atoms with Crippen LogP contribution in [0.15, 0.2) is 133 Å². The molecule has 59 heavy (non-hydrogen) atoms. The van der Waals surface area contributed by atoms with Crippen molar-refractivity contribution in [2.45, 2.75) is 77.4 Å². The number of nitrogens with zero attached hydrogens (tertiary/aromatic N) is 3. The number of benzene rings is 4. The lowest BCUT2D eigenvalue weighted by Crippen LogP contribution is -2.57. The lowest BCUT2D eigenvalue weighted by molar-refractivity contribution is -0.129. The van der Waals surface area contributed by atoms with Crippen LogP contribution in [0.4, 0.5) is 9.59 Å². The largest absolute Gasteiger partial charge is 0.481 e. The van der Waals surface area contributed by atoms with Gasteiger partial charge in [-0.25, -0.2) is 14.6 Å². The first-order chi connectivity index (χ1) is 28.5. The van der Waals surface area contributed by atoms with E-state index in [-0.39, 0.29) is 31.4 Å². The van der Waals surface area contributed by atoms with Gasteiger partial charge in [0.15, 0.2) is 0 Å². The van der Waals surface area contributed by atoms with Gasteiger partial charge in [-0.15, -0.1) is 0 Å². The van der Waals surface area contributed by atoms with Crippen LogP contribution in [0, 0.1) is 5.41 Å². The second-order valence-corrected chi connectivity index (χ2v) is 16.1. The molecule has 308 valence electrons. The summed E-state index contributed by atoms with van der Waals surface area (Å²) in [6.07, 6.45) is -0.956. The molecule has 0 spiro atoms. The Labute approximate surface area is 347 Å². The van der Waals surface area contributed by atoms with Crippen molar-refractivity contribution in [2.24, 2.45) is 5.41 Å². The second-order valence-electron chi connectivity index (χ2n) is 16.1. The Morgan fingerprint density at radius 1 is 0.746 bits per heavy atom. The quantitative estimate of drug-likeness (QED) is 0.0892. The van der Waals surface area contributed by atoms with E-state index in [0.29, 0.717) is 31.9 Å². The number of alkyl carbamates (subject to hydrolysis) is 1. The lowest BCUT2D eigenvalue weighted by atomic mass is 9.84. The number of nitrogens with one attached hydrogen (secondary N) is 2. The molecule has 0 radical (unpaired) electrons. The molecule has 5 aromatic rings. The summed E-state index contributed by atoms with van der Waals surface area (Å²) in [5, 5.41) is 18.2. The number of carbonyl (C=O) groups excluding carboxylic acids is 3. The number of rotatable bonds is 17. The average Bonchev–Trinajstić information content (AvgIpc) is 3.58. The van der Waals surface area contributed by atoms with Crippen molar-refractivity contribution in [1.82, 2.24) is 25.4 Å². The fourth-order valence-electron chi connectivity index (χ4n) is 7.58. The fraction of sp³-hybridized carbons (Fsp3) is 0.333. The van der Waals surface area contributed by atoms with Gasteiger partial charge in [-0.05, 0) is 53.0 Å². The fourth-order valence-corrected chi connectivity index (χ4v) is 7.58. The van der Waals surface area contributed by atoms with Crippen molar-refractivity contribution in [3.8, 4) is 17.1 Å². The standard InChI is InChI=1S/C48H55N5O6/c1-48(2,3)44(53-28-27-52(47(53)57)32-36-17-10-6-11-18-36)45(55)49-39(29-34-15-8-5-9-16-34)31-42(54)41(51-46(56)59-33-37-19-12-7-13-20-37)30-35-23-25-38(26-24-35)40-21-14-22-43(50-40)58-4/h5-26,39,41-42,44,54H,27-33H2,1-4H3,(H,49,55)(H,51,56)/t39-,41-,42-,44+/m0/s1. The van der Waals surface area contributed by atoms with E-state index in [2.05, 4.69) is 15.6 Å². The molecule has 6 rings (SSSR count). The minimum absolute atomic E-state index is 0.0661. The molecule has 0 bridgehead atoms. The van der Waals surface area contributed by atoms with Gasteiger partial charge in [-0.3, -0.25) is 4.79 Å². The Morgan fingerprint density at radius 3 is 1.98 bits per heavy atom. The number of carbonyl (C=O) groups is 3. The normalized spacial score (nSPS) is 14.9. The number of hydrogen-bond donors (Lipinski definition) is 3. The third-order valence-corrected chi connectivity index (χ3v) is 10.5. The highest BCUT2D eigenvalue weighted by molar-refractivity contribution is 5.89. The second kappa shape index (κ2) is 20.0. The zero-order valence-corrected chi connectivity index (χ0v) is 34.3. The Kier molecular flexibility index (Phi) is 14.4. The van der Waals surface area contributed by atoms with E-state index < -0.39 is 35.7 Å². The molecular weight excluding hydrogens is 743 g/mol. The maximum atomic E-state index is 14.5. The number of pyridine rings is 1. The Bertz CT molecular complexity index is 2110. The third kappa shape index (κ3) is 11.9. The zero-order chi connectivity index (χ0) is 41.8. The summed E-state index contributed by atoms with van der Waals surface area (Å²) in [5.74, 6) is 0.213. The number of ether oxygens (including phenoxy) is 2. The van der Waals surface area contributed by atoms with Crippen LogP contribution in [0.25, 0.3) is 11.3 Å². The number of aliphatic hydroxyl groups excluding tert-OH is 1. The summed E-state index contributed by atoms with van der Waals surface area (Å²) in [6, 6.07) is 40.0. The summed E-state index contributed by atoms with van der Waals surface area (Å²) >= 11 is 0. The van der Waals surface area contributed by atoms with Crippen LogP contribution in [0.5, 0.6) is 5.88 Å². The van der Waals surface area contributed by atoms with E-state index in [4.69, 9.17) is 9.47 Å². The first kappa shape index (κ1) is 42.4. The highest BCUT2D eigenvalue weighted by atomic mass is 16.5. The van der Waals surface area contributed by atoms with Crippen LogP contribution in [0.1, 0.15) is 49.4 Å². The minimum Gasteiger partial charge on any atom is -0.481 e. The SMILES string of the molecule is COc1cccc(-c2ccc(C[C@H](NC(=O)OCc3ccccc3)[C@@H](O)C[C@H](Cc3ccccc3)NC(=O)[C@@H](N3CCN(Cc4ccccc4)C3=O)C(C)(C)C)cc2)n1. The van der Waals surface area contributed by atoms with Gasteiger partial charge in [-0.1, -0.05) is 142 Å². The van der Waals surface area contributed by atoms with Gasteiger partial charge in [0, 0.05) is 37.3 Å². The van der Waals surface area contributed by atoms with Crippen LogP contribution in [-0.4, -0.2) is 82.4 Å². The van der Waals surface area contributed by atoms with Crippen LogP contribution < -0.4 is 15.4 Å². The van der Waals surface area contributed by atoms with Crippen LogP contribution in [0.3, 0.4) is 0 Å². The van der Waals surface area contributed by atoms with Gasteiger partial charge in [0.05, 0.1) is 24.9 Å². The van der Waals surface area contributed by atoms with Gasteiger partial charge in [-0.2, -0.15) is 0 Å². The first-order valence-corrected chi connectivity index (χ1v) is 20.2. The molecule has 4 atom stereocenters. The molecule has 0 unspecified atom stereocenters. The average molecular weight is 798 g/mol. The van der Waals surface area contributed by atoms with Gasteiger partial charge < -0.3 is 35.0 Å². The molecule has 3 N–H and O–H groups in total. The van der Waals surface area contributed by atoms with Crippen molar-refractivity contribution in [1.29, 1.82) is 0 Å². The van der Waals surface area contributed by atoms with Crippen molar-refractivity contribution >= 4 is 18.0 Å². The molecule has 4 amide bonds. The molecule has 4 aromatic carbocycles. The summed E-state index contributed by atoms with van der Waals surface area (Å²) in [4.78, 5) is 49.7. The number of urea groups is 1. The van der Waals surface area contributed by atoms with E-state index in [0.717, 1.165) is 33.5 Å². The molecule has 1 aromatic heterocycles. The molecule has 1 saturated heterocycles. The lowest BCUT2D eigenvalue weighted by Gasteiger charge is -2.38.